The quantitative estimate of drug-likeness (QED) is 0.792. The lowest BCUT2D eigenvalue weighted by molar-refractivity contribution is 0.620. The van der Waals surface area contributed by atoms with E-state index in [0.29, 0.717) is 5.92 Å². The normalized spacial score (nSPS) is 17.8. The molecule has 0 aromatic carbocycles. The molecule has 0 amide bonds. The van der Waals surface area contributed by atoms with Crippen molar-refractivity contribution in [2.24, 2.45) is 5.92 Å². The molecule has 1 aliphatic rings. The molecule has 7 nitrogen and oxygen atoms in total. The van der Waals surface area contributed by atoms with Crippen molar-refractivity contribution < 1.29 is 0 Å². The molecule has 1 aliphatic heterocycles. The molecule has 0 spiro atoms. The van der Waals surface area contributed by atoms with Crippen LogP contribution in [0.3, 0.4) is 0 Å². The SMILES string of the molecule is Cc1cccc(NCC2CCN(c3cncc4nncn34)C2)n1. The van der Waals surface area contributed by atoms with E-state index in [-0.39, 0.29) is 0 Å². The fraction of sp³-hybridized carbons (Fsp3) is 0.375. The number of hydrogen-bond acceptors (Lipinski definition) is 6. The van der Waals surface area contributed by atoms with Crippen LogP contribution in [-0.4, -0.2) is 44.2 Å². The average Bonchev–Trinajstić information content (AvgIpc) is 3.22. The molecule has 4 heterocycles. The van der Waals surface area contributed by atoms with Gasteiger partial charge in [0, 0.05) is 25.3 Å². The smallest absolute Gasteiger partial charge is 0.180 e. The van der Waals surface area contributed by atoms with Gasteiger partial charge in [0.05, 0.1) is 12.4 Å². The monoisotopic (exact) mass is 309 g/mol. The summed E-state index contributed by atoms with van der Waals surface area (Å²) in [6.45, 7) is 4.96. The van der Waals surface area contributed by atoms with Gasteiger partial charge in [-0.05, 0) is 31.4 Å². The van der Waals surface area contributed by atoms with Crippen LogP contribution in [0, 0.1) is 12.8 Å². The number of pyridine rings is 1. The van der Waals surface area contributed by atoms with Crippen LogP contribution in [0.25, 0.3) is 5.65 Å². The van der Waals surface area contributed by atoms with E-state index in [1.54, 1.807) is 12.5 Å². The minimum Gasteiger partial charge on any atom is -0.370 e. The molecule has 0 aliphatic carbocycles. The Morgan fingerprint density at radius 3 is 3.17 bits per heavy atom. The van der Waals surface area contributed by atoms with Gasteiger partial charge in [0.15, 0.2) is 5.65 Å². The van der Waals surface area contributed by atoms with Crippen LogP contribution < -0.4 is 10.2 Å². The van der Waals surface area contributed by atoms with Crippen molar-refractivity contribution in [2.75, 3.05) is 29.9 Å². The number of nitrogens with one attached hydrogen (secondary N) is 1. The van der Waals surface area contributed by atoms with Crippen molar-refractivity contribution in [3.63, 3.8) is 0 Å². The summed E-state index contributed by atoms with van der Waals surface area (Å²) in [6, 6.07) is 6.06. The van der Waals surface area contributed by atoms with E-state index in [4.69, 9.17) is 0 Å². The molecule has 3 aromatic rings. The predicted octanol–water partition coefficient (Wildman–Crippen LogP) is 1.77. The summed E-state index contributed by atoms with van der Waals surface area (Å²) in [5, 5.41) is 11.5. The second kappa shape index (κ2) is 5.83. The summed E-state index contributed by atoms with van der Waals surface area (Å²) >= 11 is 0. The van der Waals surface area contributed by atoms with Crippen LogP contribution in [0.2, 0.25) is 0 Å². The van der Waals surface area contributed by atoms with E-state index in [0.717, 1.165) is 49.0 Å². The van der Waals surface area contributed by atoms with Crippen molar-refractivity contribution in [3.8, 4) is 0 Å². The Kier molecular flexibility index (Phi) is 3.53. The third-order valence-electron chi connectivity index (χ3n) is 4.27. The third kappa shape index (κ3) is 2.81. The van der Waals surface area contributed by atoms with Gasteiger partial charge in [0.25, 0.3) is 0 Å². The number of rotatable bonds is 4. The Balaban J connectivity index is 1.42. The fourth-order valence-electron chi connectivity index (χ4n) is 3.07. The molecular weight excluding hydrogens is 290 g/mol. The van der Waals surface area contributed by atoms with Gasteiger partial charge < -0.3 is 10.2 Å². The number of hydrogen-bond donors (Lipinski definition) is 1. The summed E-state index contributed by atoms with van der Waals surface area (Å²) in [4.78, 5) is 11.1. The molecule has 118 valence electrons. The van der Waals surface area contributed by atoms with Crippen LogP contribution in [0.15, 0.2) is 36.9 Å². The van der Waals surface area contributed by atoms with Gasteiger partial charge in [-0.25, -0.2) is 4.98 Å². The van der Waals surface area contributed by atoms with E-state index in [1.165, 1.54) is 0 Å². The summed E-state index contributed by atoms with van der Waals surface area (Å²) < 4.78 is 1.99. The fourth-order valence-corrected chi connectivity index (χ4v) is 3.07. The molecule has 4 rings (SSSR count). The Morgan fingerprint density at radius 1 is 1.30 bits per heavy atom. The second-order valence-corrected chi connectivity index (χ2v) is 5.97. The van der Waals surface area contributed by atoms with Gasteiger partial charge in [0.2, 0.25) is 0 Å². The van der Waals surface area contributed by atoms with E-state index in [2.05, 4.69) is 30.4 Å². The van der Waals surface area contributed by atoms with Crippen LogP contribution >= 0.6 is 0 Å². The zero-order valence-electron chi connectivity index (χ0n) is 13.1. The lowest BCUT2D eigenvalue weighted by Crippen LogP contribution is -2.24. The van der Waals surface area contributed by atoms with Crippen LogP contribution in [0.5, 0.6) is 0 Å². The molecule has 1 atom stereocenters. The molecule has 1 fully saturated rings. The van der Waals surface area contributed by atoms with Gasteiger partial charge in [-0.15, -0.1) is 10.2 Å². The predicted molar refractivity (Wildman–Crippen MR) is 88.6 cm³/mol. The molecule has 1 saturated heterocycles. The standard InChI is InChI=1S/C16H19N7/c1-12-3-2-4-14(20-12)18-7-13-5-6-22(10-13)16-9-17-8-15-21-19-11-23(15)16/h2-4,8-9,11,13H,5-7,10H2,1H3,(H,18,20). The maximum Gasteiger partial charge on any atom is 0.180 e. The van der Waals surface area contributed by atoms with Gasteiger partial charge in [-0.3, -0.25) is 9.38 Å². The molecule has 7 heteroatoms. The molecule has 3 aromatic heterocycles. The highest BCUT2D eigenvalue weighted by atomic mass is 15.3. The summed E-state index contributed by atoms with van der Waals surface area (Å²) in [7, 11) is 0. The number of fused-ring (bicyclic) bond motifs is 1. The summed E-state index contributed by atoms with van der Waals surface area (Å²) in [6.07, 6.45) is 6.51. The first-order valence-corrected chi connectivity index (χ1v) is 7.86. The third-order valence-corrected chi connectivity index (χ3v) is 4.27. The highest BCUT2D eigenvalue weighted by molar-refractivity contribution is 5.48. The molecule has 1 unspecified atom stereocenters. The molecule has 0 saturated carbocycles. The van der Waals surface area contributed by atoms with Gasteiger partial charge in [-0.1, -0.05) is 6.07 Å². The van der Waals surface area contributed by atoms with E-state index < -0.39 is 0 Å². The minimum atomic E-state index is 0.587. The Labute approximate surface area is 134 Å². The lowest BCUT2D eigenvalue weighted by atomic mass is 10.1. The first-order valence-electron chi connectivity index (χ1n) is 7.86. The average molecular weight is 309 g/mol. The Bertz CT molecular complexity index is 813. The van der Waals surface area contributed by atoms with Crippen molar-refractivity contribution in [1.82, 2.24) is 24.6 Å². The van der Waals surface area contributed by atoms with Crippen LogP contribution in [-0.2, 0) is 0 Å². The van der Waals surface area contributed by atoms with Gasteiger partial charge in [-0.2, -0.15) is 0 Å². The Morgan fingerprint density at radius 2 is 2.26 bits per heavy atom. The maximum absolute atomic E-state index is 4.49. The van der Waals surface area contributed by atoms with Crippen LogP contribution in [0.4, 0.5) is 11.6 Å². The maximum atomic E-state index is 4.49. The topological polar surface area (TPSA) is 71.2 Å². The van der Waals surface area contributed by atoms with Gasteiger partial charge >= 0.3 is 0 Å². The minimum absolute atomic E-state index is 0.587. The molecule has 1 N–H and O–H groups in total. The molecule has 0 bridgehead atoms. The number of nitrogens with zero attached hydrogens (tertiary/aromatic N) is 6. The summed E-state index contributed by atoms with van der Waals surface area (Å²) in [5.74, 6) is 2.60. The second-order valence-electron chi connectivity index (χ2n) is 5.97. The van der Waals surface area contributed by atoms with Crippen LogP contribution in [0.1, 0.15) is 12.1 Å². The largest absolute Gasteiger partial charge is 0.370 e. The number of anilines is 2. The summed E-state index contributed by atoms with van der Waals surface area (Å²) in [5.41, 5.74) is 1.82. The van der Waals surface area contributed by atoms with E-state index >= 15 is 0 Å². The van der Waals surface area contributed by atoms with E-state index in [9.17, 15) is 0 Å². The highest BCUT2D eigenvalue weighted by Crippen LogP contribution is 2.23. The molecule has 0 radical (unpaired) electrons. The van der Waals surface area contributed by atoms with Crippen molar-refractivity contribution in [1.29, 1.82) is 0 Å². The molecule has 23 heavy (non-hydrogen) atoms. The van der Waals surface area contributed by atoms with Crippen molar-refractivity contribution >= 4 is 17.3 Å². The van der Waals surface area contributed by atoms with E-state index in [1.807, 2.05) is 35.7 Å². The van der Waals surface area contributed by atoms with Crippen molar-refractivity contribution in [3.05, 3.63) is 42.6 Å². The zero-order chi connectivity index (χ0) is 15.6. The Hall–Kier alpha value is -2.70. The highest BCUT2D eigenvalue weighted by Gasteiger charge is 2.24. The lowest BCUT2D eigenvalue weighted by Gasteiger charge is -2.19. The molecular formula is C16H19N7. The number of aryl methyl sites for hydroxylation is 1. The van der Waals surface area contributed by atoms with Crippen molar-refractivity contribution in [2.45, 2.75) is 13.3 Å². The number of aromatic nitrogens is 5. The van der Waals surface area contributed by atoms with Gasteiger partial charge in [0.1, 0.15) is 18.0 Å². The first-order chi connectivity index (χ1) is 11.3. The first kappa shape index (κ1) is 13.9. The zero-order valence-corrected chi connectivity index (χ0v) is 13.1.